The van der Waals surface area contributed by atoms with Gasteiger partial charge in [0, 0.05) is 18.6 Å². The molecule has 120 valence electrons. The molecule has 0 aromatic heterocycles. The molecule has 7 nitrogen and oxygen atoms in total. The van der Waals surface area contributed by atoms with Gasteiger partial charge in [0.25, 0.3) is 5.91 Å². The zero-order valence-electron chi connectivity index (χ0n) is 12.3. The van der Waals surface area contributed by atoms with E-state index in [1.807, 2.05) is 0 Å². The van der Waals surface area contributed by atoms with Crippen molar-refractivity contribution >= 4 is 33.7 Å². The number of hydrogen-bond acceptors (Lipinski definition) is 5. The van der Waals surface area contributed by atoms with Crippen LogP contribution in [0, 0.1) is 0 Å². The highest BCUT2D eigenvalue weighted by molar-refractivity contribution is 9.10. The second kappa shape index (κ2) is 9.04. The lowest BCUT2D eigenvalue weighted by Crippen LogP contribution is -2.38. The van der Waals surface area contributed by atoms with Crippen molar-refractivity contribution in [2.24, 2.45) is 0 Å². The predicted octanol–water partition coefficient (Wildman–Crippen LogP) is 0.576. The minimum absolute atomic E-state index is 0.140. The molecule has 0 aliphatic heterocycles. The predicted molar refractivity (Wildman–Crippen MR) is 82.3 cm³/mol. The van der Waals surface area contributed by atoms with Crippen molar-refractivity contribution in [3.63, 3.8) is 0 Å². The normalized spacial score (nSPS) is 9.77. The van der Waals surface area contributed by atoms with Gasteiger partial charge in [-0.15, -0.1) is 0 Å². The second-order valence-electron chi connectivity index (χ2n) is 4.47. The number of amides is 2. The van der Waals surface area contributed by atoms with Gasteiger partial charge in [0.1, 0.15) is 5.75 Å². The Morgan fingerprint density at radius 1 is 1.14 bits per heavy atom. The molecule has 0 saturated heterocycles. The van der Waals surface area contributed by atoms with Crippen LogP contribution in [0.1, 0.15) is 0 Å². The quantitative estimate of drug-likeness (QED) is 0.707. The van der Waals surface area contributed by atoms with Gasteiger partial charge < -0.3 is 19.7 Å². The first kappa shape index (κ1) is 18.0. The van der Waals surface area contributed by atoms with E-state index in [1.54, 1.807) is 38.4 Å². The van der Waals surface area contributed by atoms with Crippen LogP contribution in [0.2, 0.25) is 0 Å². The van der Waals surface area contributed by atoms with Crippen molar-refractivity contribution in [3.05, 3.63) is 28.7 Å². The Labute approximate surface area is 136 Å². The average Bonchev–Trinajstić information content (AvgIpc) is 2.49. The molecule has 1 aromatic carbocycles. The summed E-state index contributed by atoms with van der Waals surface area (Å²) in [4.78, 5) is 35.4. The van der Waals surface area contributed by atoms with Crippen molar-refractivity contribution < 1.29 is 23.9 Å². The highest BCUT2D eigenvalue weighted by Gasteiger charge is 2.10. The number of esters is 1. The third kappa shape index (κ3) is 7.07. The first-order valence-electron chi connectivity index (χ1n) is 6.39. The van der Waals surface area contributed by atoms with Crippen LogP contribution in [-0.2, 0) is 19.1 Å². The number of hydrogen-bond donors (Lipinski definition) is 1. The summed E-state index contributed by atoms with van der Waals surface area (Å²) >= 11 is 3.28. The van der Waals surface area contributed by atoms with Crippen LogP contribution in [0.15, 0.2) is 28.7 Å². The van der Waals surface area contributed by atoms with Gasteiger partial charge in [0.2, 0.25) is 5.91 Å². The lowest BCUT2D eigenvalue weighted by molar-refractivity contribution is -0.150. The van der Waals surface area contributed by atoms with Crippen LogP contribution in [0.25, 0.3) is 0 Å². The largest absolute Gasteiger partial charge is 0.482 e. The van der Waals surface area contributed by atoms with Gasteiger partial charge in [-0.25, -0.2) is 4.79 Å². The zero-order chi connectivity index (χ0) is 16.5. The van der Waals surface area contributed by atoms with E-state index in [2.05, 4.69) is 21.2 Å². The van der Waals surface area contributed by atoms with Crippen molar-refractivity contribution in [1.29, 1.82) is 0 Å². The number of ether oxygens (including phenoxy) is 2. The van der Waals surface area contributed by atoms with E-state index in [1.165, 1.54) is 4.90 Å². The molecule has 0 atom stereocenters. The van der Waals surface area contributed by atoms with Gasteiger partial charge in [0.05, 0.1) is 6.54 Å². The average molecular weight is 373 g/mol. The maximum Gasteiger partial charge on any atom is 0.344 e. The molecule has 0 fully saturated rings. The standard InChI is InChI=1S/C14H17BrN2O5/c1-17(2)13(19)7-16-12(18)8-22-14(20)9-21-11-5-3-10(15)4-6-11/h3-6H,7-9H2,1-2H3,(H,16,18). The SMILES string of the molecule is CN(C)C(=O)CNC(=O)COC(=O)COc1ccc(Br)cc1. The molecule has 0 saturated carbocycles. The molecule has 0 bridgehead atoms. The topological polar surface area (TPSA) is 84.9 Å². The maximum absolute atomic E-state index is 11.4. The summed E-state index contributed by atoms with van der Waals surface area (Å²) in [7, 11) is 3.15. The van der Waals surface area contributed by atoms with E-state index in [0.29, 0.717) is 5.75 Å². The molecule has 0 radical (unpaired) electrons. The van der Waals surface area contributed by atoms with Crippen LogP contribution in [0.5, 0.6) is 5.75 Å². The first-order chi connectivity index (χ1) is 10.4. The Balaban J connectivity index is 2.21. The minimum Gasteiger partial charge on any atom is -0.482 e. The van der Waals surface area contributed by atoms with Crippen LogP contribution < -0.4 is 10.1 Å². The molecular weight excluding hydrogens is 356 g/mol. The van der Waals surface area contributed by atoms with Crippen LogP contribution in [0.4, 0.5) is 0 Å². The second-order valence-corrected chi connectivity index (χ2v) is 5.38. The summed E-state index contributed by atoms with van der Waals surface area (Å²) in [5.74, 6) is -0.955. The van der Waals surface area contributed by atoms with Gasteiger partial charge in [-0.1, -0.05) is 15.9 Å². The van der Waals surface area contributed by atoms with Gasteiger partial charge in [0.15, 0.2) is 13.2 Å². The molecule has 2 amide bonds. The van der Waals surface area contributed by atoms with Crippen molar-refractivity contribution in [1.82, 2.24) is 10.2 Å². The smallest absolute Gasteiger partial charge is 0.344 e. The van der Waals surface area contributed by atoms with Gasteiger partial charge in [-0.05, 0) is 24.3 Å². The Kier molecular flexibility index (Phi) is 7.38. The van der Waals surface area contributed by atoms with Gasteiger partial charge >= 0.3 is 5.97 Å². The molecule has 0 aliphatic carbocycles. The number of benzene rings is 1. The van der Waals surface area contributed by atoms with Gasteiger partial charge in [-0.2, -0.15) is 0 Å². The molecular formula is C14H17BrN2O5. The number of nitrogens with one attached hydrogen (secondary N) is 1. The number of rotatable bonds is 7. The summed E-state index contributed by atoms with van der Waals surface area (Å²) in [6.07, 6.45) is 0. The van der Waals surface area contributed by atoms with E-state index in [4.69, 9.17) is 9.47 Å². The molecule has 1 N–H and O–H groups in total. The molecule has 0 aliphatic rings. The molecule has 1 aromatic rings. The third-order valence-electron chi connectivity index (χ3n) is 2.47. The number of carbonyl (C=O) groups excluding carboxylic acids is 3. The molecule has 0 unspecified atom stereocenters. The summed E-state index contributed by atoms with van der Waals surface area (Å²) in [5, 5.41) is 2.35. The molecule has 22 heavy (non-hydrogen) atoms. The van der Waals surface area contributed by atoms with Crippen LogP contribution in [0.3, 0.4) is 0 Å². The lowest BCUT2D eigenvalue weighted by Gasteiger charge is -2.11. The number of likely N-dealkylation sites (N-methyl/N-ethyl adjacent to an activating group) is 1. The molecule has 1 rings (SSSR count). The fraction of sp³-hybridized carbons (Fsp3) is 0.357. The number of nitrogens with zero attached hydrogens (tertiary/aromatic N) is 1. The van der Waals surface area contributed by atoms with Crippen molar-refractivity contribution in [3.8, 4) is 5.75 Å². The Hall–Kier alpha value is -2.09. The van der Waals surface area contributed by atoms with E-state index in [9.17, 15) is 14.4 Å². The maximum atomic E-state index is 11.4. The van der Waals surface area contributed by atoms with Crippen LogP contribution in [-0.4, -0.2) is 56.5 Å². The fourth-order valence-corrected chi connectivity index (χ4v) is 1.51. The Morgan fingerprint density at radius 3 is 2.36 bits per heavy atom. The summed E-state index contributed by atoms with van der Waals surface area (Å²) in [6.45, 7) is -0.895. The monoisotopic (exact) mass is 372 g/mol. The number of carbonyl (C=O) groups is 3. The Bertz CT molecular complexity index is 531. The summed E-state index contributed by atoms with van der Waals surface area (Å²) < 4.78 is 10.8. The highest BCUT2D eigenvalue weighted by Crippen LogP contribution is 2.15. The summed E-state index contributed by atoms with van der Waals surface area (Å²) in [5.41, 5.74) is 0. The molecule has 0 spiro atoms. The zero-order valence-corrected chi connectivity index (χ0v) is 13.9. The van der Waals surface area contributed by atoms with Gasteiger partial charge in [-0.3, -0.25) is 9.59 Å². The molecule has 0 heterocycles. The summed E-state index contributed by atoms with van der Waals surface area (Å²) in [6, 6.07) is 6.93. The van der Waals surface area contributed by atoms with Crippen molar-refractivity contribution in [2.75, 3.05) is 33.9 Å². The first-order valence-corrected chi connectivity index (χ1v) is 7.18. The van der Waals surface area contributed by atoms with E-state index >= 15 is 0 Å². The van der Waals surface area contributed by atoms with E-state index in [-0.39, 0.29) is 19.1 Å². The molecule has 8 heteroatoms. The van der Waals surface area contributed by atoms with Crippen molar-refractivity contribution in [2.45, 2.75) is 0 Å². The highest BCUT2D eigenvalue weighted by atomic mass is 79.9. The van der Waals surface area contributed by atoms with Crippen LogP contribution >= 0.6 is 15.9 Å². The minimum atomic E-state index is -0.669. The third-order valence-corrected chi connectivity index (χ3v) is 3.00. The fourth-order valence-electron chi connectivity index (χ4n) is 1.24. The van der Waals surface area contributed by atoms with E-state index in [0.717, 1.165) is 4.47 Å². The lowest BCUT2D eigenvalue weighted by atomic mass is 10.3. The Morgan fingerprint density at radius 2 is 1.77 bits per heavy atom. The number of halogens is 1. The van der Waals surface area contributed by atoms with E-state index < -0.39 is 18.5 Å².